The van der Waals surface area contributed by atoms with Crippen LogP contribution in [0.2, 0.25) is 0 Å². The second-order valence-electron chi connectivity index (χ2n) is 4.74. The molecule has 0 amide bonds. The Morgan fingerprint density at radius 3 is 2.72 bits per heavy atom. The highest BCUT2D eigenvalue weighted by Crippen LogP contribution is 2.17. The van der Waals surface area contributed by atoms with E-state index >= 15 is 0 Å². The molecule has 0 spiro atoms. The van der Waals surface area contributed by atoms with Crippen LogP contribution in [0.25, 0.3) is 0 Å². The molecular formula is C12H20N4O2. The van der Waals surface area contributed by atoms with E-state index in [0.717, 1.165) is 18.8 Å². The Hall–Kier alpha value is -1.85. The third-order valence-corrected chi connectivity index (χ3v) is 2.58. The third-order valence-electron chi connectivity index (χ3n) is 2.58. The fourth-order valence-electron chi connectivity index (χ4n) is 1.45. The van der Waals surface area contributed by atoms with Crippen LogP contribution in [0.4, 0.5) is 11.6 Å². The summed E-state index contributed by atoms with van der Waals surface area (Å²) in [6.45, 7) is 6.16. The Labute approximate surface area is 107 Å². The molecule has 0 atom stereocenters. The van der Waals surface area contributed by atoms with E-state index in [1.807, 2.05) is 11.9 Å². The highest BCUT2D eigenvalue weighted by molar-refractivity contribution is 5.81. The first-order chi connectivity index (χ1) is 8.36. The van der Waals surface area contributed by atoms with Crippen molar-refractivity contribution in [1.82, 2.24) is 9.97 Å². The van der Waals surface area contributed by atoms with E-state index < -0.39 is 11.5 Å². The molecule has 0 aromatic carbocycles. The van der Waals surface area contributed by atoms with Crippen LogP contribution < -0.4 is 10.2 Å². The summed E-state index contributed by atoms with van der Waals surface area (Å²) in [7, 11) is 1.94. The normalized spacial score (nSPS) is 11.1. The van der Waals surface area contributed by atoms with Gasteiger partial charge in [0.1, 0.15) is 23.5 Å². The van der Waals surface area contributed by atoms with Crippen LogP contribution in [-0.4, -0.2) is 40.2 Å². The second kappa shape index (κ2) is 5.66. The summed E-state index contributed by atoms with van der Waals surface area (Å²) >= 11 is 0. The summed E-state index contributed by atoms with van der Waals surface area (Å²) in [5.74, 6) is 0.357. The van der Waals surface area contributed by atoms with Gasteiger partial charge in [0.25, 0.3) is 0 Å². The van der Waals surface area contributed by atoms with Gasteiger partial charge in [0.2, 0.25) is 0 Å². The maximum atomic E-state index is 11.0. The average Bonchev–Trinajstić information content (AvgIpc) is 2.29. The lowest BCUT2D eigenvalue weighted by molar-refractivity contribution is -0.141. The topological polar surface area (TPSA) is 78.4 Å². The van der Waals surface area contributed by atoms with Gasteiger partial charge >= 0.3 is 5.97 Å². The third kappa shape index (κ3) is 3.58. The highest BCUT2D eigenvalue weighted by Gasteiger charge is 2.27. The van der Waals surface area contributed by atoms with E-state index in [0.29, 0.717) is 5.82 Å². The molecule has 1 heterocycles. The molecule has 6 nitrogen and oxygen atoms in total. The van der Waals surface area contributed by atoms with Gasteiger partial charge in [0, 0.05) is 19.7 Å². The fourth-order valence-corrected chi connectivity index (χ4v) is 1.45. The van der Waals surface area contributed by atoms with Gasteiger partial charge in [-0.3, -0.25) is 0 Å². The minimum Gasteiger partial charge on any atom is -0.480 e. The lowest BCUT2D eigenvalue weighted by Crippen LogP contribution is -2.40. The number of carbonyl (C=O) groups is 1. The van der Waals surface area contributed by atoms with Crippen LogP contribution in [0.15, 0.2) is 12.4 Å². The number of carboxylic acid groups (broad SMARTS) is 1. The van der Waals surface area contributed by atoms with Gasteiger partial charge in [0.05, 0.1) is 0 Å². The van der Waals surface area contributed by atoms with Gasteiger partial charge in [-0.25, -0.2) is 14.8 Å². The number of carboxylic acids is 1. The van der Waals surface area contributed by atoms with Crippen molar-refractivity contribution in [2.75, 3.05) is 23.8 Å². The van der Waals surface area contributed by atoms with Crippen molar-refractivity contribution in [2.45, 2.75) is 32.7 Å². The SMILES string of the molecule is CCCN(C)c1cc(NC(C)(C)C(=O)O)ncn1. The fraction of sp³-hybridized carbons (Fsp3) is 0.583. The van der Waals surface area contributed by atoms with Crippen molar-refractivity contribution in [3.63, 3.8) is 0 Å². The van der Waals surface area contributed by atoms with E-state index in [9.17, 15) is 4.79 Å². The summed E-state index contributed by atoms with van der Waals surface area (Å²) in [5, 5.41) is 11.9. The summed E-state index contributed by atoms with van der Waals surface area (Å²) in [6, 6.07) is 1.75. The Kier molecular flexibility index (Phi) is 4.47. The molecule has 0 aliphatic rings. The monoisotopic (exact) mass is 252 g/mol. The number of nitrogens with zero attached hydrogens (tertiary/aromatic N) is 3. The van der Waals surface area contributed by atoms with Crippen molar-refractivity contribution in [2.24, 2.45) is 0 Å². The predicted octanol–water partition coefficient (Wildman–Crippen LogP) is 1.60. The van der Waals surface area contributed by atoms with E-state index in [-0.39, 0.29) is 0 Å². The molecule has 0 saturated carbocycles. The molecular weight excluding hydrogens is 232 g/mol. The molecule has 100 valence electrons. The molecule has 1 aromatic rings. The average molecular weight is 252 g/mol. The molecule has 2 N–H and O–H groups in total. The van der Waals surface area contributed by atoms with E-state index in [4.69, 9.17) is 5.11 Å². The van der Waals surface area contributed by atoms with Crippen molar-refractivity contribution in [3.8, 4) is 0 Å². The molecule has 0 unspecified atom stereocenters. The molecule has 6 heteroatoms. The van der Waals surface area contributed by atoms with Crippen LogP contribution in [0, 0.1) is 0 Å². The van der Waals surface area contributed by atoms with Crippen molar-refractivity contribution in [1.29, 1.82) is 0 Å². The second-order valence-corrected chi connectivity index (χ2v) is 4.74. The zero-order chi connectivity index (χ0) is 13.8. The molecule has 18 heavy (non-hydrogen) atoms. The smallest absolute Gasteiger partial charge is 0.328 e. The summed E-state index contributed by atoms with van der Waals surface area (Å²) in [6.07, 6.45) is 2.45. The largest absolute Gasteiger partial charge is 0.480 e. The molecule has 1 aromatic heterocycles. The van der Waals surface area contributed by atoms with Gasteiger partial charge in [0.15, 0.2) is 0 Å². The van der Waals surface area contributed by atoms with Crippen LogP contribution in [-0.2, 0) is 4.79 Å². The van der Waals surface area contributed by atoms with Crippen molar-refractivity contribution in [3.05, 3.63) is 12.4 Å². The molecule has 0 aliphatic heterocycles. The maximum absolute atomic E-state index is 11.0. The standard InChI is InChI=1S/C12H20N4O2/c1-5-6-16(4)10-7-9(13-8-14-10)15-12(2,3)11(17)18/h7-8H,5-6H2,1-4H3,(H,17,18)(H,13,14,15). The molecule has 0 saturated heterocycles. The Morgan fingerprint density at radius 1 is 1.50 bits per heavy atom. The first kappa shape index (κ1) is 14.2. The summed E-state index contributed by atoms with van der Waals surface area (Å²) < 4.78 is 0. The van der Waals surface area contributed by atoms with Gasteiger partial charge in [-0.1, -0.05) is 6.92 Å². The molecule has 0 fully saturated rings. The van der Waals surface area contributed by atoms with Gasteiger partial charge < -0.3 is 15.3 Å². The van der Waals surface area contributed by atoms with Crippen LogP contribution in [0.1, 0.15) is 27.2 Å². The lowest BCUT2D eigenvalue weighted by Gasteiger charge is -2.23. The Bertz CT molecular complexity index is 420. The Balaban J connectivity index is 2.86. The first-order valence-electron chi connectivity index (χ1n) is 5.91. The minimum absolute atomic E-state index is 0.510. The van der Waals surface area contributed by atoms with Crippen LogP contribution in [0.3, 0.4) is 0 Å². The molecule has 0 bridgehead atoms. The Morgan fingerprint density at radius 2 is 2.17 bits per heavy atom. The summed E-state index contributed by atoms with van der Waals surface area (Å²) in [5.41, 5.74) is -1.06. The molecule has 1 rings (SSSR count). The number of rotatable bonds is 6. The van der Waals surface area contributed by atoms with Crippen LogP contribution in [0.5, 0.6) is 0 Å². The van der Waals surface area contributed by atoms with Gasteiger partial charge in [-0.15, -0.1) is 0 Å². The first-order valence-corrected chi connectivity index (χ1v) is 5.91. The van der Waals surface area contributed by atoms with Crippen LogP contribution >= 0.6 is 0 Å². The number of hydrogen-bond donors (Lipinski definition) is 2. The number of hydrogen-bond acceptors (Lipinski definition) is 5. The van der Waals surface area contributed by atoms with Crippen molar-refractivity contribution >= 4 is 17.6 Å². The van der Waals surface area contributed by atoms with Crippen molar-refractivity contribution < 1.29 is 9.90 Å². The number of anilines is 2. The minimum atomic E-state index is -1.06. The zero-order valence-electron chi connectivity index (χ0n) is 11.3. The van der Waals surface area contributed by atoms with E-state index in [2.05, 4.69) is 22.2 Å². The lowest BCUT2D eigenvalue weighted by atomic mass is 10.1. The maximum Gasteiger partial charge on any atom is 0.328 e. The zero-order valence-corrected chi connectivity index (χ0v) is 11.3. The number of nitrogens with one attached hydrogen (secondary N) is 1. The molecule has 0 aliphatic carbocycles. The quantitative estimate of drug-likeness (QED) is 0.800. The summed E-state index contributed by atoms with van der Waals surface area (Å²) in [4.78, 5) is 21.2. The van der Waals surface area contributed by atoms with Gasteiger partial charge in [-0.05, 0) is 20.3 Å². The predicted molar refractivity (Wildman–Crippen MR) is 70.9 cm³/mol. The molecule has 0 radical (unpaired) electrons. The van der Waals surface area contributed by atoms with E-state index in [1.165, 1.54) is 6.33 Å². The van der Waals surface area contributed by atoms with E-state index in [1.54, 1.807) is 19.9 Å². The van der Waals surface area contributed by atoms with Gasteiger partial charge in [-0.2, -0.15) is 0 Å². The highest BCUT2D eigenvalue weighted by atomic mass is 16.4. The number of aliphatic carboxylic acids is 1. The number of aromatic nitrogens is 2.